The summed E-state index contributed by atoms with van der Waals surface area (Å²) in [7, 11) is 0. The zero-order chi connectivity index (χ0) is 20.2. The fourth-order valence-electron chi connectivity index (χ4n) is 3.81. The first-order valence-corrected chi connectivity index (χ1v) is 13.2. The van der Waals surface area contributed by atoms with Gasteiger partial charge < -0.3 is 10.2 Å². The Bertz CT molecular complexity index is 870. The molecular weight excluding hydrogens is 420 g/mol. The van der Waals surface area contributed by atoms with Crippen molar-refractivity contribution in [3.63, 3.8) is 0 Å². The predicted octanol–water partition coefficient (Wildman–Crippen LogP) is 5.14. The summed E-state index contributed by atoms with van der Waals surface area (Å²) in [6, 6.07) is 10.1. The third-order valence-electron chi connectivity index (χ3n) is 5.38. The van der Waals surface area contributed by atoms with Crippen molar-refractivity contribution in [1.29, 1.82) is 0 Å². The lowest BCUT2D eigenvalue weighted by atomic mass is 10.0. The first-order valence-electron chi connectivity index (χ1n) is 10.1. The summed E-state index contributed by atoms with van der Waals surface area (Å²) in [6.45, 7) is 3.62. The van der Waals surface area contributed by atoms with Crippen LogP contribution in [0.15, 0.2) is 30.3 Å². The Morgan fingerprint density at radius 1 is 1.07 bits per heavy atom. The van der Waals surface area contributed by atoms with Crippen LogP contribution in [-0.2, 0) is 4.79 Å². The SMILES string of the molecule is Cc1c(-c2ccccc2)sc(NC(=O)C2CSCCS2)c1C(=O)N1CCCCC1. The fourth-order valence-corrected chi connectivity index (χ4v) is 7.57. The molecule has 0 radical (unpaired) electrons. The van der Waals surface area contributed by atoms with Crippen LogP contribution >= 0.6 is 34.9 Å². The number of anilines is 1. The molecule has 2 fully saturated rings. The molecule has 1 aromatic carbocycles. The molecule has 4 nitrogen and oxygen atoms in total. The second-order valence-corrected chi connectivity index (χ2v) is 10.9. The molecule has 0 spiro atoms. The van der Waals surface area contributed by atoms with Crippen LogP contribution in [0.2, 0.25) is 0 Å². The smallest absolute Gasteiger partial charge is 0.257 e. The van der Waals surface area contributed by atoms with Crippen LogP contribution in [0.3, 0.4) is 0 Å². The number of rotatable bonds is 4. The van der Waals surface area contributed by atoms with Crippen LogP contribution in [0.1, 0.15) is 35.2 Å². The second kappa shape index (κ2) is 9.58. The normalized spacial score (nSPS) is 19.8. The highest BCUT2D eigenvalue weighted by Crippen LogP contribution is 2.41. The number of carbonyl (C=O) groups excluding carboxylic acids is 2. The van der Waals surface area contributed by atoms with Gasteiger partial charge in [0.2, 0.25) is 5.91 Å². The zero-order valence-corrected chi connectivity index (χ0v) is 19.1. The monoisotopic (exact) mass is 446 g/mol. The number of carbonyl (C=O) groups is 2. The minimum atomic E-state index is -0.0470. The third kappa shape index (κ3) is 4.67. The molecule has 4 rings (SSSR count). The highest BCUT2D eigenvalue weighted by Gasteiger charge is 2.29. The van der Waals surface area contributed by atoms with Gasteiger partial charge >= 0.3 is 0 Å². The lowest BCUT2D eigenvalue weighted by molar-refractivity contribution is -0.115. The van der Waals surface area contributed by atoms with E-state index < -0.39 is 0 Å². The molecule has 1 N–H and O–H groups in total. The van der Waals surface area contributed by atoms with Crippen molar-refractivity contribution in [1.82, 2.24) is 4.90 Å². The number of amides is 2. The molecule has 1 unspecified atom stereocenters. The molecule has 0 saturated carbocycles. The Morgan fingerprint density at radius 3 is 2.52 bits per heavy atom. The summed E-state index contributed by atoms with van der Waals surface area (Å²) in [6.07, 6.45) is 3.29. The zero-order valence-electron chi connectivity index (χ0n) is 16.6. The van der Waals surface area contributed by atoms with Crippen molar-refractivity contribution in [2.45, 2.75) is 31.4 Å². The minimum absolute atomic E-state index is 0.0238. The molecule has 0 bridgehead atoms. The van der Waals surface area contributed by atoms with E-state index in [0.717, 1.165) is 59.2 Å². The maximum absolute atomic E-state index is 13.4. The van der Waals surface area contributed by atoms with Crippen LogP contribution < -0.4 is 5.32 Å². The Labute approximate surface area is 184 Å². The predicted molar refractivity (Wildman–Crippen MR) is 126 cm³/mol. The van der Waals surface area contributed by atoms with Crippen LogP contribution in [0.5, 0.6) is 0 Å². The van der Waals surface area contributed by atoms with E-state index in [4.69, 9.17) is 0 Å². The third-order valence-corrected chi connectivity index (χ3v) is 9.40. The standard InChI is InChI=1S/C22H26N2O2S3/c1-15-18(22(26)24-10-6-3-7-11-24)21(23-20(25)17-14-27-12-13-28-17)29-19(15)16-8-4-2-5-9-16/h2,4-5,8-9,17H,3,6-7,10-14H2,1H3,(H,23,25). The largest absolute Gasteiger partial charge is 0.339 e. The van der Waals surface area contributed by atoms with Crippen molar-refractivity contribution in [3.8, 4) is 10.4 Å². The Kier molecular flexibility index (Phi) is 6.88. The number of hydrogen-bond acceptors (Lipinski definition) is 5. The topological polar surface area (TPSA) is 49.4 Å². The number of thiophene rings is 1. The molecule has 1 aromatic heterocycles. The van der Waals surface area contributed by atoms with Crippen LogP contribution in [0, 0.1) is 6.92 Å². The Balaban J connectivity index is 1.67. The van der Waals surface area contributed by atoms with Gasteiger partial charge in [0.1, 0.15) is 5.00 Å². The van der Waals surface area contributed by atoms with E-state index >= 15 is 0 Å². The molecule has 7 heteroatoms. The number of nitrogens with one attached hydrogen (secondary N) is 1. The van der Waals surface area contributed by atoms with Crippen molar-refractivity contribution in [3.05, 3.63) is 41.5 Å². The summed E-state index contributed by atoms with van der Waals surface area (Å²) in [5.74, 6) is 3.02. The molecule has 0 aliphatic carbocycles. The summed E-state index contributed by atoms with van der Waals surface area (Å²) in [5, 5.41) is 3.79. The van der Waals surface area contributed by atoms with Gasteiger partial charge in [0.05, 0.1) is 10.8 Å². The van der Waals surface area contributed by atoms with Gasteiger partial charge in [-0.15, -0.1) is 23.1 Å². The summed E-state index contributed by atoms with van der Waals surface area (Å²) in [5.41, 5.74) is 2.74. The van der Waals surface area contributed by atoms with Gasteiger partial charge in [0.25, 0.3) is 5.91 Å². The molecule has 2 amide bonds. The van der Waals surface area contributed by atoms with E-state index in [1.807, 2.05) is 41.8 Å². The Hall–Kier alpha value is -1.44. The van der Waals surface area contributed by atoms with Crippen molar-refractivity contribution in [2.75, 3.05) is 35.7 Å². The summed E-state index contributed by atoms with van der Waals surface area (Å²) in [4.78, 5) is 29.3. The minimum Gasteiger partial charge on any atom is -0.339 e. The average Bonchev–Trinajstić information content (AvgIpc) is 3.10. The first-order chi connectivity index (χ1) is 14.1. The molecule has 1 atom stereocenters. The maximum atomic E-state index is 13.4. The van der Waals surface area contributed by atoms with Crippen LogP contribution in [-0.4, -0.2) is 52.3 Å². The summed E-state index contributed by atoms with van der Waals surface area (Å²) < 4.78 is 0. The van der Waals surface area contributed by atoms with Gasteiger partial charge in [-0.2, -0.15) is 11.8 Å². The van der Waals surface area contributed by atoms with E-state index in [9.17, 15) is 9.59 Å². The summed E-state index contributed by atoms with van der Waals surface area (Å²) >= 11 is 5.07. The second-order valence-electron chi connectivity index (χ2n) is 7.40. The molecule has 29 heavy (non-hydrogen) atoms. The molecule has 2 aliphatic heterocycles. The molecular formula is C22H26N2O2S3. The molecule has 2 saturated heterocycles. The maximum Gasteiger partial charge on any atom is 0.257 e. The number of benzene rings is 1. The van der Waals surface area contributed by atoms with Crippen molar-refractivity contribution < 1.29 is 9.59 Å². The number of nitrogens with zero attached hydrogens (tertiary/aromatic N) is 1. The van der Waals surface area contributed by atoms with Gasteiger partial charge in [-0.25, -0.2) is 0 Å². The van der Waals surface area contributed by atoms with Gasteiger partial charge in [-0.3, -0.25) is 9.59 Å². The number of piperidine rings is 1. The lowest BCUT2D eigenvalue weighted by Crippen LogP contribution is -2.36. The fraction of sp³-hybridized carbons (Fsp3) is 0.455. The van der Waals surface area contributed by atoms with Gasteiger partial charge in [0, 0.05) is 35.2 Å². The highest BCUT2D eigenvalue weighted by atomic mass is 32.2. The van der Waals surface area contributed by atoms with E-state index in [2.05, 4.69) is 17.4 Å². The molecule has 2 aliphatic rings. The first kappa shape index (κ1) is 20.8. The van der Waals surface area contributed by atoms with E-state index in [1.54, 1.807) is 11.8 Å². The number of thioether (sulfide) groups is 2. The van der Waals surface area contributed by atoms with Gasteiger partial charge in [-0.1, -0.05) is 30.3 Å². The molecule has 2 aromatic rings. The number of likely N-dealkylation sites (tertiary alicyclic amines) is 1. The van der Waals surface area contributed by atoms with Gasteiger partial charge in [0.15, 0.2) is 0 Å². The molecule has 3 heterocycles. The van der Waals surface area contributed by atoms with Crippen molar-refractivity contribution >= 4 is 51.7 Å². The highest BCUT2D eigenvalue weighted by molar-refractivity contribution is 8.07. The van der Waals surface area contributed by atoms with Gasteiger partial charge in [-0.05, 0) is 37.3 Å². The van der Waals surface area contributed by atoms with E-state index in [-0.39, 0.29) is 17.1 Å². The number of hydrogen-bond donors (Lipinski definition) is 1. The van der Waals surface area contributed by atoms with Crippen molar-refractivity contribution in [2.24, 2.45) is 0 Å². The molecule has 154 valence electrons. The Morgan fingerprint density at radius 2 is 1.83 bits per heavy atom. The quantitative estimate of drug-likeness (QED) is 0.707. The van der Waals surface area contributed by atoms with Crippen LogP contribution in [0.4, 0.5) is 5.00 Å². The average molecular weight is 447 g/mol. The van der Waals surface area contributed by atoms with E-state index in [0.29, 0.717) is 10.6 Å². The lowest BCUT2D eigenvalue weighted by Gasteiger charge is -2.27. The van der Waals surface area contributed by atoms with E-state index in [1.165, 1.54) is 17.8 Å². The van der Waals surface area contributed by atoms with Crippen LogP contribution in [0.25, 0.3) is 10.4 Å².